The molecule has 0 N–H and O–H groups in total. The van der Waals surface area contributed by atoms with Gasteiger partial charge in [0.15, 0.2) is 0 Å². The zero-order valence-corrected chi connectivity index (χ0v) is 16.0. The number of amides is 2. The molecule has 0 spiro atoms. The first-order valence-electron chi connectivity index (χ1n) is 8.45. The molecule has 0 heterocycles. The highest BCUT2D eigenvalue weighted by Crippen LogP contribution is 2.29. The number of esters is 1. The summed E-state index contributed by atoms with van der Waals surface area (Å²) in [6, 6.07) is 10.7. The van der Waals surface area contributed by atoms with Gasteiger partial charge in [-0.1, -0.05) is 41.9 Å². The van der Waals surface area contributed by atoms with E-state index in [0.29, 0.717) is 5.56 Å². The van der Waals surface area contributed by atoms with Crippen LogP contribution in [0.3, 0.4) is 0 Å². The van der Waals surface area contributed by atoms with E-state index >= 15 is 0 Å². The molecule has 1 unspecified atom stereocenters. The van der Waals surface area contributed by atoms with Crippen molar-refractivity contribution in [3.05, 3.63) is 70.7 Å². The van der Waals surface area contributed by atoms with Crippen LogP contribution in [0.1, 0.15) is 29.3 Å². The monoisotopic (exact) mass is 427 g/mol. The normalized spacial score (nSPS) is 12.2. The van der Waals surface area contributed by atoms with Crippen LogP contribution in [-0.2, 0) is 20.9 Å². The fourth-order valence-electron chi connectivity index (χ4n) is 2.54. The van der Waals surface area contributed by atoms with Crippen LogP contribution in [0.2, 0.25) is 5.02 Å². The Hall–Kier alpha value is -2.87. The smallest absolute Gasteiger partial charge is 0.409 e. The van der Waals surface area contributed by atoms with Crippen LogP contribution >= 0.6 is 11.6 Å². The van der Waals surface area contributed by atoms with E-state index in [0.717, 1.165) is 6.92 Å². The summed E-state index contributed by atoms with van der Waals surface area (Å²) in [4.78, 5) is 36.5. The molecule has 0 fully saturated rings. The van der Waals surface area contributed by atoms with Crippen molar-refractivity contribution in [2.24, 2.45) is 0 Å². The molecule has 2 rings (SSSR count). The fraction of sp³-hybridized carbons (Fsp3) is 0.250. The molecule has 154 valence electrons. The second-order valence-electron chi connectivity index (χ2n) is 6.11. The van der Waals surface area contributed by atoms with E-state index in [1.54, 1.807) is 30.3 Å². The third kappa shape index (κ3) is 6.32. The van der Waals surface area contributed by atoms with Gasteiger partial charge in [0.05, 0.1) is 6.42 Å². The molecular weight excluding hydrogens is 411 g/mol. The Morgan fingerprint density at radius 3 is 2.14 bits per heavy atom. The lowest BCUT2D eigenvalue weighted by Gasteiger charge is -2.30. The maximum absolute atomic E-state index is 13.6. The molecule has 1 atom stereocenters. The van der Waals surface area contributed by atoms with Gasteiger partial charge in [0.2, 0.25) is 5.91 Å². The minimum atomic E-state index is -5.03. The first-order valence-corrected chi connectivity index (χ1v) is 8.83. The molecule has 0 bridgehead atoms. The largest absolute Gasteiger partial charge is 0.461 e. The number of hydrogen-bond donors (Lipinski definition) is 0. The summed E-state index contributed by atoms with van der Waals surface area (Å²) < 4.78 is 45.7. The second kappa shape index (κ2) is 9.56. The molecule has 0 aliphatic heterocycles. The average molecular weight is 428 g/mol. The van der Waals surface area contributed by atoms with Crippen LogP contribution in [-0.4, -0.2) is 34.9 Å². The standard InChI is InChI=1S/C20H17ClF3NO4/c1-13(26)25(19(28)15-7-9-16(21)10-8-15)17(20(22,23)24)11-18(27)29-12-14-5-3-2-4-6-14/h2-10,17H,11-12H2,1H3. The summed E-state index contributed by atoms with van der Waals surface area (Å²) in [5.41, 5.74) is 0.418. The molecule has 0 aliphatic rings. The van der Waals surface area contributed by atoms with Gasteiger partial charge in [0.1, 0.15) is 12.6 Å². The van der Waals surface area contributed by atoms with Crippen LogP contribution in [0.4, 0.5) is 13.2 Å². The van der Waals surface area contributed by atoms with E-state index in [1.807, 2.05) is 0 Å². The van der Waals surface area contributed by atoms with Crippen molar-refractivity contribution in [3.8, 4) is 0 Å². The first kappa shape index (κ1) is 22.4. The topological polar surface area (TPSA) is 63.7 Å². The molecule has 2 aromatic carbocycles. The number of hydrogen-bond acceptors (Lipinski definition) is 4. The van der Waals surface area contributed by atoms with Crippen LogP contribution < -0.4 is 0 Å². The first-order chi connectivity index (χ1) is 13.6. The fourth-order valence-corrected chi connectivity index (χ4v) is 2.67. The Morgan fingerprint density at radius 2 is 1.62 bits per heavy atom. The summed E-state index contributed by atoms with van der Waals surface area (Å²) in [6.07, 6.45) is -6.24. The van der Waals surface area contributed by atoms with Gasteiger partial charge in [0, 0.05) is 17.5 Å². The molecule has 2 aromatic rings. The van der Waals surface area contributed by atoms with Gasteiger partial charge >= 0.3 is 12.1 Å². The number of carbonyl (C=O) groups excluding carboxylic acids is 3. The van der Waals surface area contributed by atoms with Crippen molar-refractivity contribution in [1.29, 1.82) is 0 Å². The Morgan fingerprint density at radius 1 is 1.03 bits per heavy atom. The quantitative estimate of drug-likeness (QED) is 0.641. The molecule has 5 nitrogen and oxygen atoms in total. The van der Waals surface area contributed by atoms with Crippen LogP contribution in [0.25, 0.3) is 0 Å². The minimum Gasteiger partial charge on any atom is -0.461 e. The van der Waals surface area contributed by atoms with Crippen molar-refractivity contribution in [1.82, 2.24) is 4.90 Å². The summed E-state index contributed by atoms with van der Waals surface area (Å²) in [5.74, 6) is -3.53. The van der Waals surface area contributed by atoms with E-state index in [1.165, 1.54) is 24.3 Å². The van der Waals surface area contributed by atoms with Crippen molar-refractivity contribution in [2.45, 2.75) is 32.2 Å². The van der Waals surface area contributed by atoms with E-state index < -0.39 is 36.4 Å². The van der Waals surface area contributed by atoms with Gasteiger partial charge in [-0.05, 0) is 29.8 Å². The number of imide groups is 1. The Kier molecular flexibility index (Phi) is 7.39. The lowest BCUT2D eigenvalue weighted by molar-refractivity contribution is -0.189. The molecular formula is C20H17ClF3NO4. The Balaban J connectivity index is 2.21. The lowest BCUT2D eigenvalue weighted by Crippen LogP contribution is -2.52. The molecule has 0 saturated heterocycles. The maximum Gasteiger partial charge on any atom is 0.409 e. The number of alkyl halides is 3. The number of benzene rings is 2. The predicted molar refractivity (Wildman–Crippen MR) is 99.0 cm³/mol. The SMILES string of the molecule is CC(=O)N(C(=O)c1ccc(Cl)cc1)C(CC(=O)OCc1ccccc1)C(F)(F)F. The van der Waals surface area contributed by atoms with Crippen molar-refractivity contribution in [2.75, 3.05) is 0 Å². The van der Waals surface area contributed by atoms with Gasteiger partial charge in [-0.2, -0.15) is 13.2 Å². The minimum absolute atomic E-state index is 0.0208. The maximum atomic E-state index is 13.6. The van der Waals surface area contributed by atoms with Crippen molar-refractivity contribution in [3.63, 3.8) is 0 Å². The summed E-state index contributed by atoms with van der Waals surface area (Å²) in [6.45, 7) is 0.595. The number of ether oxygens (including phenoxy) is 1. The molecule has 0 saturated carbocycles. The van der Waals surface area contributed by atoms with E-state index in [2.05, 4.69) is 0 Å². The number of halogens is 4. The Labute approximate surface area is 170 Å². The molecule has 0 radical (unpaired) electrons. The van der Waals surface area contributed by atoms with E-state index in [-0.39, 0.29) is 22.1 Å². The van der Waals surface area contributed by atoms with Crippen LogP contribution in [0, 0.1) is 0 Å². The number of nitrogens with zero attached hydrogens (tertiary/aromatic N) is 1. The summed E-state index contributed by atoms with van der Waals surface area (Å²) >= 11 is 5.71. The molecule has 29 heavy (non-hydrogen) atoms. The van der Waals surface area contributed by atoms with Gasteiger partial charge in [-0.25, -0.2) is 0 Å². The average Bonchev–Trinajstić information content (AvgIpc) is 2.66. The number of rotatable bonds is 6. The number of carbonyl (C=O) groups is 3. The molecule has 0 aromatic heterocycles. The van der Waals surface area contributed by atoms with Gasteiger partial charge in [-0.15, -0.1) is 0 Å². The highest BCUT2D eigenvalue weighted by Gasteiger charge is 2.48. The van der Waals surface area contributed by atoms with Gasteiger partial charge in [-0.3, -0.25) is 19.3 Å². The zero-order chi connectivity index (χ0) is 21.6. The van der Waals surface area contributed by atoms with E-state index in [9.17, 15) is 27.6 Å². The highest BCUT2D eigenvalue weighted by molar-refractivity contribution is 6.30. The Bertz CT molecular complexity index is 870. The summed E-state index contributed by atoms with van der Waals surface area (Å²) in [7, 11) is 0. The van der Waals surface area contributed by atoms with Crippen LogP contribution in [0.5, 0.6) is 0 Å². The van der Waals surface area contributed by atoms with E-state index in [4.69, 9.17) is 16.3 Å². The molecule has 0 aliphatic carbocycles. The predicted octanol–water partition coefficient (Wildman–Crippen LogP) is 4.39. The second-order valence-corrected chi connectivity index (χ2v) is 6.55. The van der Waals surface area contributed by atoms with Gasteiger partial charge in [0.25, 0.3) is 5.91 Å². The van der Waals surface area contributed by atoms with Crippen molar-refractivity contribution < 1.29 is 32.3 Å². The highest BCUT2D eigenvalue weighted by atomic mass is 35.5. The third-order valence-corrected chi connectivity index (χ3v) is 4.19. The van der Waals surface area contributed by atoms with Crippen molar-refractivity contribution >= 4 is 29.4 Å². The summed E-state index contributed by atoms with van der Waals surface area (Å²) in [5, 5.41) is 0.271. The van der Waals surface area contributed by atoms with Crippen LogP contribution in [0.15, 0.2) is 54.6 Å². The molecule has 2 amide bonds. The van der Waals surface area contributed by atoms with Gasteiger partial charge < -0.3 is 4.74 Å². The molecule has 9 heteroatoms. The third-order valence-electron chi connectivity index (χ3n) is 3.94. The zero-order valence-electron chi connectivity index (χ0n) is 15.3. The lowest BCUT2D eigenvalue weighted by atomic mass is 10.1.